The van der Waals surface area contributed by atoms with Crippen molar-refractivity contribution in [1.82, 2.24) is 15.2 Å². The molecule has 1 N–H and O–H groups in total. The lowest BCUT2D eigenvalue weighted by Crippen LogP contribution is -2.54. The molecule has 0 spiro atoms. The molecule has 1 aliphatic carbocycles. The molecule has 1 aromatic rings. The summed E-state index contributed by atoms with van der Waals surface area (Å²) in [7, 11) is 0. The van der Waals surface area contributed by atoms with Crippen molar-refractivity contribution in [3.8, 4) is 0 Å². The molecule has 1 aliphatic heterocycles. The number of ether oxygens (including phenoxy) is 2. The van der Waals surface area contributed by atoms with Gasteiger partial charge in [0, 0.05) is 32.1 Å². The number of morpholine rings is 1. The van der Waals surface area contributed by atoms with E-state index in [0.717, 1.165) is 18.4 Å². The molecule has 24 heavy (non-hydrogen) atoms. The summed E-state index contributed by atoms with van der Waals surface area (Å²) in [5.41, 5.74) is 0.998. The lowest BCUT2D eigenvalue weighted by Gasteiger charge is -2.37. The Bertz CT molecular complexity index is 552. The van der Waals surface area contributed by atoms with Gasteiger partial charge in [-0.2, -0.15) is 0 Å². The van der Waals surface area contributed by atoms with Crippen molar-refractivity contribution >= 4 is 6.03 Å². The smallest absolute Gasteiger partial charge is 0.318 e. The lowest BCUT2D eigenvalue weighted by molar-refractivity contribution is -0.0389. The number of fused-ring (bicyclic) bond motifs is 1. The molecule has 6 heteroatoms. The minimum Gasteiger partial charge on any atom is -0.377 e. The first-order chi connectivity index (χ1) is 11.8. The van der Waals surface area contributed by atoms with E-state index >= 15 is 0 Å². The second kappa shape index (κ2) is 8.26. The SMILES string of the molecule is C=CCOCC1CC2OCCN(C(=O)NCc3cccnc3)C2C1. The molecule has 130 valence electrons. The molecule has 0 aromatic carbocycles. The summed E-state index contributed by atoms with van der Waals surface area (Å²) in [6.07, 6.45) is 7.27. The number of hydrogen-bond donors (Lipinski definition) is 1. The third-order valence-electron chi connectivity index (χ3n) is 4.65. The molecule has 1 aromatic heterocycles. The highest BCUT2D eigenvalue weighted by atomic mass is 16.5. The average molecular weight is 331 g/mol. The zero-order valence-corrected chi connectivity index (χ0v) is 13.9. The summed E-state index contributed by atoms with van der Waals surface area (Å²) >= 11 is 0. The van der Waals surface area contributed by atoms with Gasteiger partial charge in [0.25, 0.3) is 0 Å². The fourth-order valence-electron chi connectivity index (χ4n) is 3.54. The third kappa shape index (κ3) is 4.13. The predicted molar refractivity (Wildman–Crippen MR) is 90.4 cm³/mol. The van der Waals surface area contributed by atoms with Gasteiger partial charge in [0.1, 0.15) is 0 Å². The molecule has 1 saturated carbocycles. The summed E-state index contributed by atoms with van der Waals surface area (Å²) in [5.74, 6) is 0.437. The predicted octanol–water partition coefficient (Wildman–Crippen LogP) is 1.97. The Kier molecular flexibility index (Phi) is 5.82. The topological polar surface area (TPSA) is 63.7 Å². The van der Waals surface area contributed by atoms with Crippen LogP contribution in [0.2, 0.25) is 0 Å². The van der Waals surface area contributed by atoms with Gasteiger partial charge >= 0.3 is 6.03 Å². The highest BCUT2D eigenvalue weighted by molar-refractivity contribution is 5.74. The van der Waals surface area contributed by atoms with Gasteiger partial charge in [-0.1, -0.05) is 12.1 Å². The Labute approximate surface area is 142 Å². The van der Waals surface area contributed by atoms with E-state index in [1.807, 2.05) is 17.0 Å². The normalized spacial score (nSPS) is 26.0. The molecule has 2 amide bonds. The maximum Gasteiger partial charge on any atom is 0.318 e. The van der Waals surface area contributed by atoms with E-state index in [0.29, 0.717) is 38.8 Å². The van der Waals surface area contributed by atoms with E-state index in [-0.39, 0.29) is 18.2 Å². The Hall–Kier alpha value is -1.92. The zero-order chi connectivity index (χ0) is 16.8. The Morgan fingerprint density at radius 2 is 2.46 bits per heavy atom. The van der Waals surface area contributed by atoms with Crippen molar-refractivity contribution in [2.24, 2.45) is 5.92 Å². The van der Waals surface area contributed by atoms with Gasteiger partial charge in [-0.25, -0.2) is 4.79 Å². The van der Waals surface area contributed by atoms with Crippen LogP contribution < -0.4 is 5.32 Å². The monoisotopic (exact) mass is 331 g/mol. The van der Waals surface area contributed by atoms with Gasteiger partial charge in [0.05, 0.1) is 25.4 Å². The second-order valence-corrected chi connectivity index (χ2v) is 6.35. The van der Waals surface area contributed by atoms with Crippen LogP contribution in [0.4, 0.5) is 4.79 Å². The van der Waals surface area contributed by atoms with Crippen LogP contribution in [-0.2, 0) is 16.0 Å². The fraction of sp³-hybridized carbons (Fsp3) is 0.556. The number of hydrogen-bond acceptors (Lipinski definition) is 4. The van der Waals surface area contributed by atoms with Crippen LogP contribution >= 0.6 is 0 Å². The number of carbonyl (C=O) groups excluding carboxylic acids is 1. The van der Waals surface area contributed by atoms with E-state index in [1.54, 1.807) is 18.5 Å². The first kappa shape index (κ1) is 16.9. The number of nitrogens with one attached hydrogen (secondary N) is 1. The molecular formula is C18H25N3O3. The molecule has 6 nitrogen and oxygen atoms in total. The van der Waals surface area contributed by atoms with Gasteiger partial charge in [0.15, 0.2) is 0 Å². The van der Waals surface area contributed by atoms with E-state index in [1.165, 1.54) is 0 Å². The summed E-state index contributed by atoms with van der Waals surface area (Å²) in [6, 6.07) is 3.95. The van der Waals surface area contributed by atoms with Crippen LogP contribution in [0.3, 0.4) is 0 Å². The standard InChI is InChI=1S/C18H25N3O3/c1-2-7-23-13-15-9-16-17(10-15)24-8-6-21(16)18(22)20-12-14-4-3-5-19-11-14/h2-5,11,15-17H,1,6-10,12-13H2,(H,20,22). The van der Waals surface area contributed by atoms with Crippen LogP contribution in [0, 0.1) is 5.92 Å². The van der Waals surface area contributed by atoms with Crippen molar-refractivity contribution in [2.75, 3.05) is 26.4 Å². The number of pyridine rings is 1. The van der Waals surface area contributed by atoms with Crippen molar-refractivity contribution in [1.29, 1.82) is 0 Å². The van der Waals surface area contributed by atoms with Crippen LogP contribution in [0.5, 0.6) is 0 Å². The molecule has 3 unspecified atom stereocenters. The maximum atomic E-state index is 12.6. The van der Waals surface area contributed by atoms with Crippen molar-refractivity contribution in [3.63, 3.8) is 0 Å². The Balaban J connectivity index is 1.53. The summed E-state index contributed by atoms with van der Waals surface area (Å²) in [5, 5.41) is 3.00. The minimum atomic E-state index is -0.0233. The van der Waals surface area contributed by atoms with Gasteiger partial charge in [-0.15, -0.1) is 6.58 Å². The van der Waals surface area contributed by atoms with Crippen molar-refractivity contribution < 1.29 is 14.3 Å². The van der Waals surface area contributed by atoms with E-state index in [4.69, 9.17) is 9.47 Å². The van der Waals surface area contributed by atoms with Gasteiger partial charge in [-0.3, -0.25) is 4.98 Å². The molecule has 3 rings (SSSR count). The van der Waals surface area contributed by atoms with E-state index in [9.17, 15) is 4.79 Å². The largest absolute Gasteiger partial charge is 0.377 e. The van der Waals surface area contributed by atoms with Crippen molar-refractivity contribution in [2.45, 2.75) is 31.5 Å². The highest BCUT2D eigenvalue weighted by Crippen LogP contribution is 2.34. The quantitative estimate of drug-likeness (QED) is 0.639. The maximum absolute atomic E-state index is 12.6. The average Bonchev–Trinajstić information content (AvgIpc) is 3.03. The number of nitrogens with zero attached hydrogens (tertiary/aromatic N) is 2. The van der Waals surface area contributed by atoms with Crippen molar-refractivity contribution in [3.05, 3.63) is 42.7 Å². The Morgan fingerprint density at radius 3 is 3.25 bits per heavy atom. The summed E-state index contributed by atoms with van der Waals surface area (Å²) in [6.45, 7) is 6.67. The zero-order valence-electron chi connectivity index (χ0n) is 13.9. The Morgan fingerprint density at radius 1 is 1.54 bits per heavy atom. The molecule has 2 heterocycles. The molecule has 2 fully saturated rings. The second-order valence-electron chi connectivity index (χ2n) is 6.35. The van der Waals surface area contributed by atoms with Crippen LogP contribution in [0.15, 0.2) is 37.2 Å². The molecule has 0 bridgehead atoms. The number of urea groups is 1. The summed E-state index contributed by atoms with van der Waals surface area (Å²) < 4.78 is 11.4. The number of amides is 2. The highest BCUT2D eigenvalue weighted by Gasteiger charge is 2.42. The first-order valence-corrected chi connectivity index (χ1v) is 8.51. The van der Waals surface area contributed by atoms with Gasteiger partial charge in [0.2, 0.25) is 0 Å². The molecule has 0 radical (unpaired) electrons. The molecule has 2 aliphatic rings. The summed E-state index contributed by atoms with van der Waals surface area (Å²) in [4.78, 5) is 18.6. The molecule has 1 saturated heterocycles. The van der Waals surface area contributed by atoms with Gasteiger partial charge < -0.3 is 19.7 Å². The van der Waals surface area contributed by atoms with E-state index < -0.39 is 0 Å². The fourth-order valence-corrected chi connectivity index (χ4v) is 3.54. The van der Waals surface area contributed by atoms with E-state index in [2.05, 4.69) is 16.9 Å². The number of carbonyl (C=O) groups is 1. The van der Waals surface area contributed by atoms with Gasteiger partial charge in [-0.05, 0) is 30.4 Å². The van der Waals surface area contributed by atoms with Crippen LogP contribution in [-0.4, -0.2) is 54.4 Å². The van der Waals surface area contributed by atoms with Crippen LogP contribution in [0.25, 0.3) is 0 Å². The first-order valence-electron chi connectivity index (χ1n) is 8.51. The minimum absolute atomic E-state index is 0.0233. The van der Waals surface area contributed by atoms with Crippen LogP contribution in [0.1, 0.15) is 18.4 Å². The third-order valence-corrected chi connectivity index (χ3v) is 4.65. The molecular weight excluding hydrogens is 306 g/mol. The molecule has 3 atom stereocenters. The number of rotatable bonds is 6. The lowest BCUT2D eigenvalue weighted by atomic mass is 10.1. The number of aromatic nitrogens is 1.